The van der Waals surface area contributed by atoms with Crippen molar-refractivity contribution in [1.29, 1.82) is 0 Å². The van der Waals surface area contributed by atoms with Crippen LogP contribution in [0, 0.1) is 6.92 Å². The summed E-state index contributed by atoms with van der Waals surface area (Å²) in [6.07, 6.45) is 3.88. The fourth-order valence-electron chi connectivity index (χ4n) is 2.46. The number of nitrogens with zero attached hydrogens (tertiary/aromatic N) is 2. The molecule has 1 aromatic rings. The summed E-state index contributed by atoms with van der Waals surface area (Å²) in [6.45, 7) is 4.16. The van der Waals surface area contributed by atoms with Crippen LogP contribution in [0.15, 0.2) is 6.07 Å². The van der Waals surface area contributed by atoms with E-state index in [4.69, 9.17) is 0 Å². The SMILES string of the molecule is CCSC1CCCC1Nc1cc(NC)nc(C)n1. The number of aromatic nitrogens is 2. The van der Waals surface area contributed by atoms with E-state index in [0.717, 1.165) is 22.7 Å². The molecule has 1 heterocycles. The highest BCUT2D eigenvalue weighted by Crippen LogP contribution is 2.31. The fraction of sp³-hybridized carbons (Fsp3) is 0.692. The molecule has 1 fully saturated rings. The number of hydrogen-bond acceptors (Lipinski definition) is 5. The number of thioether (sulfide) groups is 1. The van der Waals surface area contributed by atoms with Crippen molar-refractivity contribution in [3.05, 3.63) is 11.9 Å². The third-order valence-electron chi connectivity index (χ3n) is 3.26. The van der Waals surface area contributed by atoms with Crippen LogP contribution < -0.4 is 10.6 Å². The van der Waals surface area contributed by atoms with Gasteiger partial charge in [0.15, 0.2) is 0 Å². The van der Waals surface area contributed by atoms with Gasteiger partial charge in [0, 0.05) is 24.4 Å². The molecule has 0 aromatic carbocycles. The Bertz CT molecular complexity index is 397. The topological polar surface area (TPSA) is 49.8 Å². The smallest absolute Gasteiger partial charge is 0.132 e. The Balaban J connectivity index is 2.06. The third kappa shape index (κ3) is 3.28. The molecule has 1 aromatic heterocycles. The maximum atomic E-state index is 4.47. The molecule has 2 unspecified atom stereocenters. The molecule has 1 saturated carbocycles. The van der Waals surface area contributed by atoms with E-state index in [2.05, 4.69) is 39.3 Å². The summed E-state index contributed by atoms with van der Waals surface area (Å²) < 4.78 is 0. The maximum Gasteiger partial charge on any atom is 0.132 e. The zero-order chi connectivity index (χ0) is 13.0. The minimum Gasteiger partial charge on any atom is -0.373 e. The molecule has 2 N–H and O–H groups in total. The Morgan fingerprint density at radius 1 is 1.33 bits per heavy atom. The fourth-order valence-corrected chi connectivity index (χ4v) is 3.66. The van der Waals surface area contributed by atoms with Gasteiger partial charge in [0.25, 0.3) is 0 Å². The quantitative estimate of drug-likeness (QED) is 0.858. The first-order valence-electron chi connectivity index (χ1n) is 6.64. The van der Waals surface area contributed by atoms with E-state index in [0.29, 0.717) is 6.04 Å². The molecule has 0 bridgehead atoms. The van der Waals surface area contributed by atoms with Crippen molar-refractivity contribution in [2.45, 2.75) is 44.4 Å². The highest BCUT2D eigenvalue weighted by molar-refractivity contribution is 7.99. The molecule has 0 saturated heterocycles. The second kappa shape index (κ2) is 6.27. The van der Waals surface area contributed by atoms with E-state index < -0.39 is 0 Å². The minimum absolute atomic E-state index is 0.550. The van der Waals surface area contributed by atoms with Gasteiger partial charge >= 0.3 is 0 Å². The maximum absolute atomic E-state index is 4.47. The zero-order valence-electron chi connectivity index (χ0n) is 11.4. The number of hydrogen-bond donors (Lipinski definition) is 2. The van der Waals surface area contributed by atoms with Crippen LogP contribution in [-0.4, -0.2) is 34.1 Å². The lowest BCUT2D eigenvalue weighted by atomic mass is 10.2. The molecule has 1 aliphatic rings. The van der Waals surface area contributed by atoms with E-state index in [1.54, 1.807) is 0 Å². The van der Waals surface area contributed by atoms with Gasteiger partial charge < -0.3 is 10.6 Å². The summed E-state index contributed by atoms with van der Waals surface area (Å²) in [4.78, 5) is 8.78. The normalized spacial score (nSPS) is 23.1. The van der Waals surface area contributed by atoms with Gasteiger partial charge in [-0.25, -0.2) is 9.97 Å². The molecular formula is C13H22N4S. The molecular weight excluding hydrogens is 244 g/mol. The van der Waals surface area contributed by atoms with Gasteiger partial charge in [-0.3, -0.25) is 0 Å². The predicted molar refractivity (Wildman–Crippen MR) is 79.5 cm³/mol. The van der Waals surface area contributed by atoms with Gasteiger partial charge in [-0.1, -0.05) is 13.3 Å². The summed E-state index contributed by atoms with van der Waals surface area (Å²) in [7, 11) is 1.89. The van der Waals surface area contributed by atoms with Gasteiger partial charge in [0.2, 0.25) is 0 Å². The van der Waals surface area contributed by atoms with Crippen LogP contribution in [0.2, 0.25) is 0 Å². The number of anilines is 2. The molecule has 5 heteroatoms. The number of rotatable bonds is 5. The average Bonchev–Trinajstić information content (AvgIpc) is 2.76. The van der Waals surface area contributed by atoms with Crippen molar-refractivity contribution in [2.75, 3.05) is 23.4 Å². The molecule has 0 spiro atoms. The van der Waals surface area contributed by atoms with Gasteiger partial charge in [-0.15, -0.1) is 0 Å². The number of nitrogens with one attached hydrogen (secondary N) is 2. The second-order valence-electron chi connectivity index (χ2n) is 4.61. The van der Waals surface area contributed by atoms with Gasteiger partial charge in [0.05, 0.1) is 0 Å². The second-order valence-corrected chi connectivity index (χ2v) is 6.13. The molecule has 18 heavy (non-hydrogen) atoms. The Morgan fingerprint density at radius 2 is 2.11 bits per heavy atom. The highest BCUT2D eigenvalue weighted by Gasteiger charge is 2.27. The van der Waals surface area contributed by atoms with Crippen LogP contribution in [0.1, 0.15) is 32.0 Å². The van der Waals surface area contributed by atoms with Crippen molar-refractivity contribution in [3.8, 4) is 0 Å². The molecule has 0 radical (unpaired) electrons. The molecule has 2 rings (SSSR count). The van der Waals surface area contributed by atoms with Gasteiger partial charge in [0.1, 0.15) is 17.5 Å². The lowest BCUT2D eigenvalue weighted by Crippen LogP contribution is -2.26. The van der Waals surface area contributed by atoms with E-state index in [9.17, 15) is 0 Å². The summed E-state index contributed by atoms with van der Waals surface area (Å²) in [6, 6.07) is 2.54. The monoisotopic (exact) mass is 266 g/mol. The predicted octanol–water partition coefficient (Wildman–Crippen LogP) is 2.91. The molecule has 4 nitrogen and oxygen atoms in total. The number of aryl methyl sites for hydroxylation is 1. The minimum atomic E-state index is 0.550. The molecule has 100 valence electrons. The van der Waals surface area contributed by atoms with Crippen molar-refractivity contribution in [1.82, 2.24) is 9.97 Å². The molecule has 0 amide bonds. The Kier molecular flexibility index (Phi) is 4.69. The van der Waals surface area contributed by atoms with Crippen LogP contribution in [0.3, 0.4) is 0 Å². The van der Waals surface area contributed by atoms with Crippen LogP contribution in [0.5, 0.6) is 0 Å². The first-order chi connectivity index (χ1) is 8.72. The standard InChI is InChI=1S/C13H22N4S/c1-4-18-11-7-5-6-10(11)17-13-8-12(14-3)15-9(2)16-13/h8,10-11H,4-7H2,1-3H3,(H2,14,15,16,17). The summed E-state index contributed by atoms with van der Waals surface area (Å²) in [5.74, 6) is 3.82. The molecule has 0 aliphatic heterocycles. The van der Waals surface area contributed by atoms with Crippen molar-refractivity contribution in [3.63, 3.8) is 0 Å². The van der Waals surface area contributed by atoms with E-state index >= 15 is 0 Å². The average molecular weight is 266 g/mol. The Hall–Kier alpha value is -0.970. The highest BCUT2D eigenvalue weighted by atomic mass is 32.2. The van der Waals surface area contributed by atoms with Crippen LogP contribution in [0.4, 0.5) is 11.6 Å². The zero-order valence-corrected chi connectivity index (χ0v) is 12.2. The van der Waals surface area contributed by atoms with E-state index in [1.807, 2.05) is 20.0 Å². The lowest BCUT2D eigenvalue weighted by molar-refractivity contribution is 0.760. The van der Waals surface area contributed by atoms with Gasteiger partial charge in [-0.05, 0) is 25.5 Å². The first kappa shape index (κ1) is 13.5. The largest absolute Gasteiger partial charge is 0.373 e. The first-order valence-corrected chi connectivity index (χ1v) is 7.69. The summed E-state index contributed by atoms with van der Waals surface area (Å²) in [5.41, 5.74) is 0. The van der Waals surface area contributed by atoms with Gasteiger partial charge in [-0.2, -0.15) is 11.8 Å². The van der Waals surface area contributed by atoms with Crippen molar-refractivity contribution < 1.29 is 0 Å². The van der Waals surface area contributed by atoms with E-state index in [-0.39, 0.29) is 0 Å². The van der Waals surface area contributed by atoms with Crippen molar-refractivity contribution >= 4 is 23.4 Å². The van der Waals surface area contributed by atoms with E-state index in [1.165, 1.54) is 25.0 Å². The summed E-state index contributed by atoms with van der Waals surface area (Å²) in [5, 5.41) is 7.38. The Labute approximate surface area is 113 Å². The third-order valence-corrected chi connectivity index (χ3v) is 4.59. The Morgan fingerprint density at radius 3 is 2.83 bits per heavy atom. The van der Waals surface area contributed by atoms with Crippen LogP contribution in [0.25, 0.3) is 0 Å². The summed E-state index contributed by atoms with van der Waals surface area (Å²) >= 11 is 2.06. The lowest BCUT2D eigenvalue weighted by Gasteiger charge is -2.21. The van der Waals surface area contributed by atoms with Crippen molar-refractivity contribution in [2.24, 2.45) is 0 Å². The molecule has 1 aliphatic carbocycles. The van der Waals surface area contributed by atoms with Crippen LogP contribution >= 0.6 is 11.8 Å². The molecule has 2 atom stereocenters. The van der Waals surface area contributed by atoms with Crippen LogP contribution in [-0.2, 0) is 0 Å².